The largest absolute Gasteiger partial charge is 0.378 e. The van der Waals surface area contributed by atoms with Gasteiger partial charge in [0.25, 0.3) is 0 Å². The molecule has 0 bridgehead atoms. The van der Waals surface area contributed by atoms with E-state index >= 15 is 0 Å². The fraction of sp³-hybridized carbons (Fsp3) is 0.467. The quantitative estimate of drug-likeness (QED) is 0.795. The van der Waals surface area contributed by atoms with Gasteiger partial charge in [-0.15, -0.1) is 6.58 Å². The molecule has 6 nitrogen and oxygen atoms in total. The van der Waals surface area contributed by atoms with Crippen molar-refractivity contribution in [3.63, 3.8) is 0 Å². The van der Waals surface area contributed by atoms with Crippen LogP contribution >= 0.6 is 0 Å². The van der Waals surface area contributed by atoms with E-state index < -0.39 is 15.3 Å². The van der Waals surface area contributed by atoms with Crippen LogP contribution in [0.15, 0.2) is 36.9 Å². The summed E-state index contributed by atoms with van der Waals surface area (Å²) in [6.07, 6.45) is 1.53. The van der Waals surface area contributed by atoms with Gasteiger partial charge in [-0.1, -0.05) is 18.2 Å². The highest BCUT2D eigenvalue weighted by atomic mass is 32.2. The van der Waals surface area contributed by atoms with E-state index in [0.29, 0.717) is 0 Å². The van der Waals surface area contributed by atoms with Crippen LogP contribution in [0.3, 0.4) is 0 Å². The minimum Gasteiger partial charge on any atom is -0.378 e. The molecule has 0 aliphatic carbocycles. The summed E-state index contributed by atoms with van der Waals surface area (Å²) in [5.74, 6) is 0. The fourth-order valence-electron chi connectivity index (χ4n) is 2.53. The summed E-state index contributed by atoms with van der Waals surface area (Å²) in [6.45, 7) is 3.89. The number of hydroxylamine groups is 2. The number of nitrogens with zero attached hydrogens (tertiary/aromatic N) is 2. The third kappa shape index (κ3) is 3.49. The van der Waals surface area contributed by atoms with Crippen molar-refractivity contribution in [2.24, 2.45) is 0 Å². The lowest BCUT2D eigenvalue weighted by Gasteiger charge is -2.23. The number of hydrogen-bond acceptors (Lipinski definition) is 5. The molecule has 0 unspecified atom stereocenters. The molecule has 1 heterocycles. The average molecular weight is 325 g/mol. The molecule has 122 valence electrons. The molecular formula is C15H23N3O3S. The Morgan fingerprint density at radius 2 is 2.05 bits per heavy atom. The van der Waals surface area contributed by atoms with Crippen molar-refractivity contribution in [3.05, 3.63) is 42.5 Å². The first-order valence-corrected chi connectivity index (χ1v) is 8.64. The minimum atomic E-state index is -3.48. The van der Waals surface area contributed by atoms with E-state index in [2.05, 4.69) is 11.3 Å². The molecular weight excluding hydrogens is 302 g/mol. The maximum absolute atomic E-state index is 12.4. The van der Waals surface area contributed by atoms with Crippen LogP contribution in [-0.4, -0.2) is 53.0 Å². The topological polar surface area (TPSA) is 61.9 Å². The number of anilines is 1. The molecule has 2 rings (SSSR count). The third-order valence-corrected chi connectivity index (χ3v) is 5.52. The maximum atomic E-state index is 12.4. The summed E-state index contributed by atoms with van der Waals surface area (Å²) in [4.78, 5) is 7.45. The molecule has 22 heavy (non-hydrogen) atoms. The molecule has 1 N–H and O–H groups in total. The Morgan fingerprint density at radius 1 is 1.41 bits per heavy atom. The van der Waals surface area contributed by atoms with Crippen LogP contribution < -0.4 is 9.62 Å². The van der Waals surface area contributed by atoms with Crippen LogP contribution in [0, 0.1) is 0 Å². The average Bonchev–Trinajstić information content (AvgIpc) is 2.88. The van der Waals surface area contributed by atoms with Gasteiger partial charge in [0.1, 0.15) is 5.25 Å². The van der Waals surface area contributed by atoms with Crippen LogP contribution in [0.2, 0.25) is 0 Å². The molecule has 0 radical (unpaired) electrons. The molecule has 0 aromatic heterocycles. The first-order valence-electron chi connectivity index (χ1n) is 7.09. The lowest BCUT2D eigenvalue weighted by atomic mass is 10.0. The highest BCUT2D eigenvalue weighted by molar-refractivity contribution is 7.90. The second kappa shape index (κ2) is 6.78. The molecule has 0 spiro atoms. The second-order valence-corrected chi connectivity index (χ2v) is 7.48. The number of nitrogens with one attached hydrogen (secondary N) is 1. The van der Waals surface area contributed by atoms with Crippen LogP contribution in [0.5, 0.6) is 0 Å². The summed E-state index contributed by atoms with van der Waals surface area (Å²) in [5.41, 5.74) is 1.98. The standard InChI is InChI=1S/C15H23N3O3S/c1-5-10-16-22(19,20)14-11-21-18(4)15(14)12-6-8-13(9-7-12)17(2)3/h5-9,14-16H,1,10-11H2,2-4H3/t14-,15+/m1/s1. The maximum Gasteiger partial charge on any atom is 0.219 e. The van der Waals surface area contributed by atoms with E-state index in [9.17, 15) is 8.42 Å². The summed E-state index contributed by atoms with van der Waals surface area (Å²) in [5, 5.41) is 0.963. The molecule has 1 aromatic rings. The first kappa shape index (κ1) is 17.0. The number of rotatable bonds is 6. The number of sulfonamides is 1. The molecule has 1 aliphatic heterocycles. The van der Waals surface area contributed by atoms with Crippen molar-refractivity contribution in [1.82, 2.24) is 9.79 Å². The SMILES string of the molecule is C=CCNS(=O)(=O)[C@@H]1CON(C)[C@H]1c1ccc(N(C)C)cc1. The van der Waals surface area contributed by atoms with Gasteiger partial charge in [0.05, 0.1) is 12.6 Å². The molecule has 2 atom stereocenters. The fourth-order valence-corrected chi connectivity index (χ4v) is 4.00. The molecule has 7 heteroatoms. The van der Waals surface area contributed by atoms with Crippen LogP contribution in [0.4, 0.5) is 5.69 Å². The molecule has 1 fully saturated rings. The van der Waals surface area contributed by atoms with Crippen LogP contribution in [0.25, 0.3) is 0 Å². The second-order valence-electron chi connectivity index (χ2n) is 5.49. The van der Waals surface area contributed by atoms with E-state index in [1.165, 1.54) is 6.08 Å². The Balaban J connectivity index is 2.28. The molecule has 0 saturated carbocycles. The van der Waals surface area contributed by atoms with Gasteiger partial charge >= 0.3 is 0 Å². The Morgan fingerprint density at radius 3 is 2.59 bits per heavy atom. The normalized spacial score (nSPS) is 22.7. The zero-order valence-electron chi connectivity index (χ0n) is 13.2. The van der Waals surface area contributed by atoms with Gasteiger partial charge < -0.3 is 4.90 Å². The molecule has 1 aromatic carbocycles. The van der Waals surface area contributed by atoms with Gasteiger partial charge in [0.2, 0.25) is 10.0 Å². The van der Waals surface area contributed by atoms with Crippen molar-refractivity contribution in [1.29, 1.82) is 0 Å². The van der Waals surface area contributed by atoms with Crippen molar-refractivity contribution >= 4 is 15.7 Å². The van der Waals surface area contributed by atoms with E-state index in [1.807, 2.05) is 43.3 Å². The highest BCUT2D eigenvalue weighted by Crippen LogP contribution is 2.33. The monoisotopic (exact) mass is 325 g/mol. The van der Waals surface area contributed by atoms with Gasteiger partial charge in [-0.05, 0) is 17.7 Å². The summed E-state index contributed by atoms with van der Waals surface area (Å²) >= 11 is 0. The third-order valence-electron chi connectivity index (χ3n) is 3.76. The lowest BCUT2D eigenvalue weighted by molar-refractivity contribution is -0.110. The minimum absolute atomic E-state index is 0.142. The Labute approximate surface area is 132 Å². The summed E-state index contributed by atoms with van der Waals surface area (Å²) in [6, 6.07) is 7.51. The number of benzene rings is 1. The van der Waals surface area contributed by atoms with Crippen molar-refractivity contribution in [3.8, 4) is 0 Å². The highest BCUT2D eigenvalue weighted by Gasteiger charge is 2.42. The van der Waals surface area contributed by atoms with E-state index in [0.717, 1.165) is 11.3 Å². The van der Waals surface area contributed by atoms with Gasteiger partial charge in [-0.2, -0.15) is 5.06 Å². The van der Waals surface area contributed by atoms with Crippen molar-refractivity contribution in [2.45, 2.75) is 11.3 Å². The van der Waals surface area contributed by atoms with E-state index in [-0.39, 0.29) is 19.2 Å². The molecule has 0 amide bonds. The van der Waals surface area contributed by atoms with E-state index in [4.69, 9.17) is 4.84 Å². The number of hydrogen-bond donors (Lipinski definition) is 1. The predicted molar refractivity (Wildman–Crippen MR) is 88.1 cm³/mol. The zero-order chi connectivity index (χ0) is 16.3. The summed E-state index contributed by atoms with van der Waals surface area (Å²) in [7, 11) is 2.21. The Hall–Kier alpha value is -1.41. The summed E-state index contributed by atoms with van der Waals surface area (Å²) < 4.78 is 27.4. The predicted octanol–water partition coefficient (Wildman–Crippen LogP) is 1.14. The first-order chi connectivity index (χ1) is 10.4. The van der Waals surface area contributed by atoms with Crippen molar-refractivity contribution in [2.75, 3.05) is 39.2 Å². The molecule has 1 saturated heterocycles. The van der Waals surface area contributed by atoms with Crippen LogP contribution in [0.1, 0.15) is 11.6 Å². The lowest BCUT2D eigenvalue weighted by Crippen LogP contribution is -2.39. The van der Waals surface area contributed by atoms with Gasteiger partial charge in [-0.25, -0.2) is 13.1 Å². The van der Waals surface area contributed by atoms with Gasteiger partial charge in [-0.3, -0.25) is 4.84 Å². The van der Waals surface area contributed by atoms with Crippen LogP contribution in [-0.2, 0) is 14.9 Å². The van der Waals surface area contributed by atoms with Gasteiger partial charge in [0, 0.05) is 33.4 Å². The van der Waals surface area contributed by atoms with Gasteiger partial charge in [0.15, 0.2) is 0 Å². The van der Waals surface area contributed by atoms with Crippen molar-refractivity contribution < 1.29 is 13.3 Å². The Kier molecular flexibility index (Phi) is 5.23. The zero-order valence-corrected chi connectivity index (χ0v) is 14.0. The van der Waals surface area contributed by atoms with E-state index in [1.54, 1.807) is 12.1 Å². The molecule has 1 aliphatic rings. The smallest absolute Gasteiger partial charge is 0.219 e. The Bertz CT molecular complexity index is 613.